The summed E-state index contributed by atoms with van der Waals surface area (Å²) >= 11 is -4.83. The van der Waals surface area contributed by atoms with Gasteiger partial charge in [-0.05, 0) is 0 Å². The van der Waals surface area contributed by atoms with E-state index < -0.39 is 13.6 Å². The van der Waals surface area contributed by atoms with Crippen molar-refractivity contribution in [2.24, 2.45) is 0 Å². The maximum absolute atomic E-state index is 9.32. The van der Waals surface area contributed by atoms with E-state index in [1.807, 2.05) is 0 Å². The fourth-order valence-electron chi connectivity index (χ4n) is 0. The molecule has 0 heterocycles. The van der Waals surface area contributed by atoms with Crippen LogP contribution >= 0.6 is 0 Å². The van der Waals surface area contributed by atoms with Crippen LogP contribution in [0.5, 0.6) is 0 Å². The van der Waals surface area contributed by atoms with Crippen molar-refractivity contribution in [3.63, 3.8) is 0 Å². The first-order valence-corrected chi connectivity index (χ1v) is 4.35. The Hall–Kier alpha value is 2.57. The first kappa shape index (κ1) is 12.3. The third-order valence-corrected chi connectivity index (χ3v) is 3.30. The Morgan fingerprint density at radius 2 is 1.71 bits per heavy atom. The van der Waals surface area contributed by atoms with Gasteiger partial charge in [0, 0.05) is 0 Å². The quantitative estimate of drug-likeness (QED) is 0.438. The van der Waals surface area contributed by atoms with Crippen molar-refractivity contribution < 1.29 is 78.6 Å². The van der Waals surface area contributed by atoms with Crippen LogP contribution in [0.2, 0.25) is 0 Å². The van der Waals surface area contributed by atoms with E-state index >= 15 is 0 Å². The Kier molecular flexibility index (Phi) is 9.40. The summed E-state index contributed by atoms with van der Waals surface area (Å²) in [4.78, 5) is 0. The molecule has 0 bridgehead atoms. The van der Waals surface area contributed by atoms with Gasteiger partial charge in [-0.1, -0.05) is 0 Å². The normalized spacial score (nSPS) is 10.0. The van der Waals surface area contributed by atoms with Crippen LogP contribution in [0.3, 0.4) is 0 Å². The van der Waals surface area contributed by atoms with Crippen molar-refractivity contribution in [2.75, 3.05) is 0 Å². The van der Waals surface area contributed by atoms with Crippen LogP contribution in [-0.2, 0) is 23.1 Å². The van der Waals surface area contributed by atoms with E-state index in [2.05, 4.69) is 1.86 Å². The molecule has 0 aliphatic heterocycles. The van der Waals surface area contributed by atoms with Gasteiger partial charge >= 0.3 is 104 Å². The van der Waals surface area contributed by atoms with Gasteiger partial charge in [-0.25, -0.2) is 0 Å². The fourth-order valence-corrected chi connectivity index (χ4v) is 0. The number of hydrogen-bond donors (Lipinski definition) is 0. The summed E-state index contributed by atoms with van der Waals surface area (Å²) < 4.78 is 31.5. The Morgan fingerprint density at radius 1 is 1.57 bits per heavy atom. The molecule has 0 spiro atoms. The predicted octanol–water partition coefficient (Wildman–Crippen LogP) is -4.87. The van der Waals surface area contributed by atoms with Gasteiger partial charge in [-0.15, -0.1) is 0 Å². The van der Waals surface area contributed by atoms with Crippen LogP contribution in [0.4, 0.5) is 0 Å². The van der Waals surface area contributed by atoms with Crippen LogP contribution in [0.1, 0.15) is 0 Å². The third-order valence-electron chi connectivity index (χ3n) is 0.0913. The molecule has 0 unspecified atom stereocenters. The molecule has 7 heteroatoms. The first-order chi connectivity index (χ1) is 2.56. The van der Waals surface area contributed by atoms with Gasteiger partial charge in [-0.2, -0.15) is 0 Å². The van der Waals surface area contributed by atoms with Crippen molar-refractivity contribution in [2.45, 2.75) is 0 Å². The Bertz CT molecular complexity index is 114. The van der Waals surface area contributed by atoms with Gasteiger partial charge in [-0.3, -0.25) is 0 Å². The van der Waals surface area contributed by atoms with Crippen molar-refractivity contribution in [1.29, 1.82) is 0 Å². The molecule has 0 rings (SSSR count). The van der Waals surface area contributed by atoms with Crippen molar-refractivity contribution in [3.8, 4) is 0 Å². The molecule has 0 aliphatic rings. The van der Waals surface area contributed by atoms with Crippen molar-refractivity contribution in [3.05, 3.63) is 0 Å². The molecule has 0 saturated heterocycles. The summed E-state index contributed by atoms with van der Waals surface area (Å²) in [5, 5.41) is 0. The third kappa shape index (κ3) is 11.9. The summed E-state index contributed by atoms with van der Waals surface area (Å²) in [5.74, 6) is 0. The van der Waals surface area contributed by atoms with E-state index in [1.165, 1.54) is 0 Å². The molecular formula is BiCrKO4. The summed E-state index contributed by atoms with van der Waals surface area (Å²) in [7, 11) is 0. The summed E-state index contributed by atoms with van der Waals surface area (Å²) in [6.07, 6.45) is 0. The molecule has 2 radical (unpaired) electrons. The van der Waals surface area contributed by atoms with Crippen LogP contribution in [-0.4, -0.2) is 25.2 Å². The van der Waals surface area contributed by atoms with E-state index in [-0.39, 0.29) is 76.5 Å². The van der Waals surface area contributed by atoms with E-state index in [0.717, 1.165) is 0 Å². The van der Waals surface area contributed by atoms with Gasteiger partial charge in [0.15, 0.2) is 0 Å². The standard InChI is InChI=1S/Bi.Cr.K.4O/q;;+1;;;;-1. The fraction of sp³-hybridized carbons (Fsp3) is 0. The predicted molar refractivity (Wildman–Crippen MR) is 8.21 cm³/mol. The van der Waals surface area contributed by atoms with Gasteiger partial charge < -0.3 is 0 Å². The summed E-state index contributed by atoms with van der Waals surface area (Å²) in [6.45, 7) is 0. The zero-order valence-corrected chi connectivity index (χ0v) is 11.4. The van der Waals surface area contributed by atoms with Crippen LogP contribution in [0, 0.1) is 0 Å². The second-order valence-corrected chi connectivity index (χ2v) is 4.38. The average Bonchev–Trinajstić information content (AvgIpc) is 1.35. The van der Waals surface area contributed by atoms with Gasteiger partial charge in [0.05, 0.1) is 0 Å². The van der Waals surface area contributed by atoms with Crippen molar-refractivity contribution >= 4 is 25.2 Å². The van der Waals surface area contributed by atoms with E-state index in [4.69, 9.17) is 0 Å². The number of rotatable bonds is 1. The minimum absolute atomic E-state index is 0. The second-order valence-electron chi connectivity index (χ2n) is 0.483. The van der Waals surface area contributed by atoms with Gasteiger partial charge in [0.1, 0.15) is 0 Å². The molecule has 0 aromatic rings. The Morgan fingerprint density at radius 3 is 1.71 bits per heavy atom. The monoisotopic (exact) mass is 364 g/mol. The maximum atomic E-state index is 9.32. The van der Waals surface area contributed by atoms with E-state index in [9.17, 15) is 11.8 Å². The molecule has 7 heavy (non-hydrogen) atoms. The average molecular weight is 364 g/mol. The van der Waals surface area contributed by atoms with Crippen LogP contribution in [0.15, 0.2) is 0 Å². The zero-order valence-electron chi connectivity index (χ0n) is 3.49. The first-order valence-electron chi connectivity index (χ1n) is 0.849. The Labute approximate surface area is 101 Å². The topological polar surface area (TPSA) is 66.4 Å². The van der Waals surface area contributed by atoms with Crippen LogP contribution in [0.25, 0.3) is 0 Å². The van der Waals surface area contributed by atoms with Crippen LogP contribution < -0.4 is 55.5 Å². The molecule has 0 fully saturated rings. The molecule has 36 valence electrons. The second kappa shape index (κ2) is 5.36. The molecular weight excluding hydrogens is 364 g/mol. The Balaban J connectivity index is 0. The summed E-state index contributed by atoms with van der Waals surface area (Å²) in [6, 6.07) is 0. The van der Waals surface area contributed by atoms with Gasteiger partial charge in [0.2, 0.25) is 0 Å². The molecule has 0 atom stereocenters. The number of hydrogen-bond acceptors (Lipinski definition) is 4. The van der Waals surface area contributed by atoms with E-state index in [0.29, 0.717) is 0 Å². The van der Waals surface area contributed by atoms with Gasteiger partial charge in [0.25, 0.3) is 0 Å². The summed E-state index contributed by atoms with van der Waals surface area (Å²) in [5.41, 5.74) is 0. The van der Waals surface area contributed by atoms with E-state index in [1.54, 1.807) is 0 Å². The zero-order chi connectivity index (χ0) is 5.21. The molecule has 4 nitrogen and oxygen atoms in total. The van der Waals surface area contributed by atoms with Crippen molar-refractivity contribution in [1.82, 2.24) is 0 Å². The minimum atomic E-state index is -4.98. The molecule has 0 N–H and O–H groups in total. The molecule has 0 aliphatic carbocycles. The molecule has 0 amide bonds. The molecule has 0 aromatic carbocycles. The molecule has 0 saturated carbocycles. The molecule has 0 aromatic heterocycles. The SMILES string of the molecule is [K+].[O]=[Cr](=[O])([O-])[O][Bi].